The number of carboxylic acid groups (broad SMARTS) is 1. The summed E-state index contributed by atoms with van der Waals surface area (Å²) >= 11 is 0. The maximum atomic E-state index is 12.7. The molecule has 1 amide bonds. The molecule has 1 aromatic carbocycles. The zero-order valence-electron chi connectivity index (χ0n) is 13.7. The first-order chi connectivity index (χ1) is 12.1. The summed E-state index contributed by atoms with van der Waals surface area (Å²) in [6.45, 7) is 1.19. The fourth-order valence-corrected chi connectivity index (χ4v) is 2.71. The molecule has 1 N–H and O–H groups in total. The van der Waals surface area contributed by atoms with Gasteiger partial charge in [-0.05, 0) is 29.8 Å². The number of benzene rings is 1. The number of hydrogen-bond donors (Lipinski definition) is 1. The maximum absolute atomic E-state index is 12.7. The minimum Gasteiger partial charge on any atom is -0.497 e. The van der Waals surface area contributed by atoms with Crippen LogP contribution in [0.1, 0.15) is 32.6 Å². The van der Waals surface area contributed by atoms with E-state index in [0.717, 1.165) is 11.3 Å². The lowest BCUT2D eigenvalue weighted by molar-refractivity contribution is -0.0230. The summed E-state index contributed by atoms with van der Waals surface area (Å²) in [5.74, 6) is -0.745. The van der Waals surface area contributed by atoms with E-state index in [-0.39, 0.29) is 23.4 Å². The number of amides is 1. The quantitative estimate of drug-likeness (QED) is 0.914. The van der Waals surface area contributed by atoms with E-state index in [1.54, 1.807) is 12.0 Å². The molecule has 0 saturated carbocycles. The second kappa shape index (κ2) is 7.31. The molecule has 1 aromatic heterocycles. The summed E-state index contributed by atoms with van der Waals surface area (Å²) in [7, 11) is 1.60. The number of methoxy groups -OCH3 is 1. The largest absolute Gasteiger partial charge is 0.497 e. The Labute approximate surface area is 144 Å². The van der Waals surface area contributed by atoms with Crippen molar-refractivity contribution in [1.82, 2.24) is 9.88 Å². The van der Waals surface area contributed by atoms with Gasteiger partial charge >= 0.3 is 5.97 Å². The van der Waals surface area contributed by atoms with Crippen molar-refractivity contribution in [3.8, 4) is 5.75 Å². The third-order valence-electron chi connectivity index (χ3n) is 4.01. The average Bonchev–Trinajstić information content (AvgIpc) is 2.67. The highest BCUT2D eigenvalue weighted by molar-refractivity contribution is 5.94. The van der Waals surface area contributed by atoms with Gasteiger partial charge in [-0.1, -0.05) is 18.2 Å². The zero-order valence-corrected chi connectivity index (χ0v) is 13.7. The molecule has 0 aliphatic carbocycles. The normalized spacial score (nSPS) is 17.2. The van der Waals surface area contributed by atoms with Gasteiger partial charge in [-0.15, -0.1) is 0 Å². The van der Waals surface area contributed by atoms with Gasteiger partial charge in [0.25, 0.3) is 5.91 Å². The predicted molar refractivity (Wildman–Crippen MR) is 88.8 cm³/mol. The number of pyridine rings is 1. The van der Waals surface area contributed by atoms with Crippen LogP contribution in [-0.4, -0.2) is 53.7 Å². The minimum absolute atomic E-state index is 0.117. The first-order valence-corrected chi connectivity index (χ1v) is 7.83. The van der Waals surface area contributed by atoms with Gasteiger partial charge in [-0.2, -0.15) is 0 Å². The van der Waals surface area contributed by atoms with Crippen molar-refractivity contribution in [1.29, 1.82) is 0 Å². The topological polar surface area (TPSA) is 89.0 Å². The Hall–Kier alpha value is -2.93. The Morgan fingerprint density at radius 2 is 2.00 bits per heavy atom. The molecule has 7 heteroatoms. The van der Waals surface area contributed by atoms with Crippen LogP contribution in [0.5, 0.6) is 5.75 Å². The number of aromatic nitrogens is 1. The summed E-state index contributed by atoms with van der Waals surface area (Å²) < 4.78 is 11.0. The summed E-state index contributed by atoms with van der Waals surface area (Å²) in [5.41, 5.74) is 0.888. The van der Waals surface area contributed by atoms with E-state index in [4.69, 9.17) is 14.6 Å². The summed E-state index contributed by atoms with van der Waals surface area (Å²) in [6.07, 6.45) is -0.268. The van der Waals surface area contributed by atoms with Crippen LogP contribution in [0.2, 0.25) is 0 Å². The molecule has 1 aliphatic rings. The van der Waals surface area contributed by atoms with E-state index in [9.17, 15) is 9.59 Å². The molecule has 1 saturated heterocycles. The van der Waals surface area contributed by atoms with Crippen LogP contribution in [0.3, 0.4) is 0 Å². The van der Waals surface area contributed by atoms with Crippen molar-refractivity contribution in [3.63, 3.8) is 0 Å². The van der Waals surface area contributed by atoms with E-state index in [1.807, 2.05) is 24.3 Å². The maximum Gasteiger partial charge on any atom is 0.354 e. The number of aromatic carboxylic acids is 1. The monoisotopic (exact) mass is 342 g/mol. The fourth-order valence-electron chi connectivity index (χ4n) is 2.71. The van der Waals surface area contributed by atoms with Crippen LogP contribution in [0.15, 0.2) is 42.5 Å². The van der Waals surface area contributed by atoms with Gasteiger partial charge < -0.3 is 19.5 Å². The Balaban J connectivity index is 1.77. The second-order valence-electron chi connectivity index (χ2n) is 5.60. The first-order valence-electron chi connectivity index (χ1n) is 7.83. The predicted octanol–water partition coefficient (Wildman–Crippen LogP) is 2.00. The standard InChI is InChI=1S/C18H18N2O5/c1-24-13-5-2-4-12(10-13)16-11-20(8-9-25-16)17(21)14-6-3-7-15(19-14)18(22)23/h2-7,10,16H,8-9,11H2,1H3,(H,22,23). The van der Waals surface area contributed by atoms with E-state index < -0.39 is 5.97 Å². The van der Waals surface area contributed by atoms with Crippen molar-refractivity contribution in [2.24, 2.45) is 0 Å². The van der Waals surface area contributed by atoms with Crippen LogP contribution in [-0.2, 0) is 4.74 Å². The molecule has 3 rings (SSSR count). The lowest BCUT2D eigenvalue weighted by atomic mass is 10.1. The third-order valence-corrected chi connectivity index (χ3v) is 4.01. The van der Waals surface area contributed by atoms with Gasteiger partial charge in [-0.3, -0.25) is 4.79 Å². The van der Waals surface area contributed by atoms with Gasteiger partial charge in [0.15, 0.2) is 0 Å². The Morgan fingerprint density at radius 1 is 1.24 bits per heavy atom. The van der Waals surface area contributed by atoms with Crippen molar-refractivity contribution in [2.75, 3.05) is 26.8 Å². The van der Waals surface area contributed by atoms with Crippen LogP contribution in [0.4, 0.5) is 0 Å². The lowest BCUT2D eigenvalue weighted by Crippen LogP contribution is -2.42. The molecule has 1 atom stereocenters. The zero-order chi connectivity index (χ0) is 17.8. The number of hydrogen-bond acceptors (Lipinski definition) is 5. The summed E-state index contributed by atoms with van der Waals surface area (Å²) in [4.78, 5) is 29.2. The lowest BCUT2D eigenvalue weighted by Gasteiger charge is -2.33. The molecule has 0 radical (unpaired) electrons. The first kappa shape index (κ1) is 16.9. The molecule has 0 spiro atoms. The second-order valence-corrected chi connectivity index (χ2v) is 5.60. The fraction of sp³-hybridized carbons (Fsp3) is 0.278. The number of morpholine rings is 1. The van der Waals surface area contributed by atoms with Gasteiger partial charge in [0.05, 0.1) is 20.3 Å². The van der Waals surface area contributed by atoms with Crippen molar-refractivity contribution < 1.29 is 24.2 Å². The number of rotatable bonds is 4. The summed E-state index contributed by atoms with van der Waals surface area (Å²) in [6, 6.07) is 11.9. The molecule has 130 valence electrons. The van der Waals surface area contributed by atoms with Gasteiger partial charge in [-0.25, -0.2) is 9.78 Å². The molecular weight excluding hydrogens is 324 g/mol. The molecule has 1 fully saturated rings. The molecule has 1 aliphatic heterocycles. The number of carbonyl (C=O) groups excluding carboxylic acids is 1. The number of carboxylic acids is 1. The van der Waals surface area contributed by atoms with E-state index in [1.165, 1.54) is 18.2 Å². The highest BCUT2D eigenvalue weighted by atomic mass is 16.5. The molecular formula is C18H18N2O5. The SMILES string of the molecule is COc1cccc(C2CN(C(=O)c3cccc(C(=O)O)n3)CCO2)c1. The molecule has 0 bridgehead atoms. The van der Waals surface area contributed by atoms with Crippen molar-refractivity contribution in [3.05, 3.63) is 59.4 Å². The molecule has 2 aromatic rings. The molecule has 7 nitrogen and oxygen atoms in total. The van der Waals surface area contributed by atoms with Crippen LogP contribution in [0, 0.1) is 0 Å². The summed E-state index contributed by atoms with van der Waals surface area (Å²) in [5, 5.41) is 9.02. The van der Waals surface area contributed by atoms with E-state index in [0.29, 0.717) is 19.7 Å². The molecule has 2 heterocycles. The van der Waals surface area contributed by atoms with Gasteiger partial charge in [0, 0.05) is 6.54 Å². The number of carbonyl (C=O) groups is 2. The minimum atomic E-state index is -1.16. The van der Waals surface area contributed by atoms with Crippen LogP contribution in [0.25, 0.3) is 0 Å². The number of ether oxygens (including phenoxy) is 2. The van der Waals surface area contributed by atoms with Gasteiger partial charge in [0.1, 0.15) is 23.2 Å². The third kappa shape index (κ3) is 3.77. The Morgan fingerprint density at radius 3 is 2.76 bits per heavy atom. The smallest absolute Gasteiger partial charge is 0.354 e. The van der Waals surface area contributed by atoms with E-state index in [2.05, 4.69) is 4.98 Å². The van der Waals surface area contributed by atoms with Crippen LogP contribution < -0.4 is 4.74 Å². The van der Waals surface area contributed by atoms with Gasteiger partial charge in [0.2, 0.25) is 0 Å². The van der Waals surface area contributed by atoms with Crippen LogP contribution >= 0.6 is 0 Å². The highest BCUT2D eigenvalue weighted by Crippen LogP contribution is 2.26. The molecule has 1 unspecified atom stereocenters. The van der Waals surface area contributed by atoms with Crippen molar-refractivity contribution in [2.45, 2.75) is 6.10 Å². The van der Waals surface area contributed by atoms with E-state index >= 15 is 0 Å². The molecule has 25 heavy (non-hydrogen) atoms. The highest BCUT2D eigenvalue weighted by Gasteiger charge is 2.27. The Kier molecular flexibility index (Phi) is 4.95. The van der Waals surface area contributed by atoms with Crippen molar-refractivity contribution >= 4 is 11.9 Å². The average molecular weight is 342 g/mol. The number of nitrogens with zero attached hydrogens (tertiary/aromatic N) is 2. The Bertz CT molecular complexity index is 793.